The summed E-state index contributed by atoms with van der Waals surface area (Å²) in [7, 11) is 0. The normalized spacial score (nSPS) is 44.8. The number of esters is 1. The van der Waals surface area contributed by atoms with Gasteiger partial charge in [0.25, 0.3) is 0 Å². The zero-order valence-electron chi connectivity index (χ0n) is 20.6. The van der Waals surface area contributed by atoms with Gasteiger partial charge in [0.05, 0.1) is 23.7 Å². The van der Waals surface area contributed by atoms with Gasteiger partial charge >= 0.3 is 5.97 Å². The molecular formula is C26H39NO6. The summed E-state index contributed by atoms with van der Waals surface area (Å²) in [6.45, 7) is 9.59. The first-order valence-electron chi connectivity index (χ1n) is 12.5. The van der Waals surface area contributed by atoms with Crippen molar-refractivity contribution in [2.75, 3.05) is 6.61 Å². The van der Waals surface area contributed by atoms with Crippen molar-refractivity contribution in [2.45, 2.75) is 97.3 Å². The maximum Gasteiger partial charge on any atom is 0.302 e. The predicted octanol–water partition coefficient (Wildman–Crippen LogP) is 3.94. The molecule has 0 aliphatic heterocycles. The van der Waals surface area contributed by atoms with Gasteiger partial charge in [-0.1, -0.05) is 24.6 Å². The Labute approximate surface area is 196 Å². The maximum atomic E-state index is 13.6. The Balaban J connectivity index is 1.79. The Morgan fingerprint density at radius 1 is 1.18 bits per heavy atom. The molecule has 2 bridgehead atoms. The molecule has 0 aromatic rings. The molecule has 4 aliphatic carbocycles. The minimum Gasteiger partial charge on any atom is -0.466 e. The van der Waals surface area contributed by atoms with Crippen LogP contribution in [0.5, 0.6) is 0 Å². The van der Waals surface area contributed by atoms with Crippen molar-refractivity contribution in [3.05, 3.63) is 16.1 Å². The summed E-state index contributed by atoms with van der Waals surface area (Å²) in [5.74, 6) is -0.0982. The van der Waals surface area contributed by atoms with Gasteiger partial charge < -0.3 is 14.9 Å². The fraction of sp³-hybridized carbons (Fsp3) is 0.846. The minimum absolute atomic E-state index is 0.0567. The zero-order valence-corrected chi connectivity index (χ0v) is 20.6. The van der Waals surface area contributed by atoms with E-state index >= 15 is 0 Å². The first-order valence-corrected chi connectivity index (χ1v) is 12.5. The number of nitroso groups, excluding NO2 is 1. The van der Waals surface area contributed by atoms with Crippen LogP contribution in [0.25, 0.3) is 0 Å². The largest absolute Gasteiger partial charge is 0.466 e. The zero-order chi connectivity index (χ0) is 24.3. The second-order valence-electron chi connectivity index (χ2n) is 11.9. The summed E-state index contributed by atoms with van der Waals surface area (Å²) in [5, 5.41) is 26.8. The van der Waals surface area contributed by atoms with Gasteiger partial charge in [0.2, 0.25) is 0 Å². The first kappa shape index (κ1) is 24.5. The van der Waals surface area contributed by atoms with E-state index in [0.29, 0.717) is 38.7 Å². The Bertz CT molecular complexity index is 880. The summed E-state index contributed by atoms with van der Waals surface area (Å²) in [5.41, 5.74) is -0.817. The molecule has 0 spiro atoms. The maximum absolute atomic E-state index is 13.6. The number of Topliss-reactive ketones (excluding diaryl/α,β-unsaturated/α-hetero) is 1. The van der Waals surface area contributed by atoms with E-state index in [2.05, 4.69) is 5.18 Å². The molecule has 0 amide bonds. The Kier molecular flexibility index (Phi) is 6.14. The van der Waals surface area contributed by atoms with Crippen molar-refractivity contribution in [3.63, 3.8) is 0 Å². The number of aliphatic hydroxyl groups excluding tert-OH is 1. The van der Waals surface area contributed by atoms with Crippen molar-refractivity contribution in [2.24, 2.45) is 39.7 Å². The molecule has 2 N–H and O–H groups in total. The van der Waals surface area contributed by atoms with E-state index in [0.717, 1.165) is 17.6 Å². The van der Waals surface area contributed by atoms with Crippen LogP contribution in [0.2, 0.25) is 0 Å². The number of aliphatic hydroxyl groups is 2. The number of nitrogens with zero attached hydrogens (tertiary/aromatic N) is 1. The molecule has 0 radical (unpaired) electrons. The Morgan fingerprint density at radius 2 is 1.88 bits per heavy atom. The molecule has 2 unspecified atom stereocenters. The molecular weight excluding hydrogens is 422 g/mol. The summed E-state index contributed by atoms with van der Waals surface area (Å²) < 4.78 is 5.35. The van der Waals surface area contributed by atoms with Crippen molar-refractivity contribution in [1.82, 2.24) is 0 Å². The lowest BCUT2D eigenvalue weighted by molar-refractivity contribution is -0.200. The lowest BCUT2D eigenvalue weighted by Crippen LogP contribution is -2.64. The fourth-order valence-electron chi connectivity index (χ4n) is 7.85. The van der Waals surface area contributed by atoms with E-state index in [-0.39, 0.29) is 41.8 Å². The highest BCUT2D eigenvalue weighted by atomic mass is 16.5. The van der Waals surface area contributed by atoms with Gasteiger partial charge in [0, 0.05) is 25.2 Å². The van der Waals surface area contributed by atoms with Crippen LogP contribution in [0.3, 0.4) is 0 Å². The molecule has 7 heteroatoms. The molecule has 184 valence electrons. The molecule has 3 fully saturated rings. The summed E-state index contributed by atoms with van der Waals surface area (Å²) in [6.07, 6.45) is 2.80. The van der Waals surface area contributed by atoms with Gasteiger partial charge in [0.15, 0.2) is 0 Å². The molecule has 4 aliphatic rings. The number of hydrogen-bond acceptors (Lipinski definition) is 7. The number of hydrogen-bond donors (Lipinski definition) is 2. The lowest BCUT2D eigenvalue weighted by Gasteiger charge is -2.62. The molecule has 33 heavy (non-hydrogen) atoms. The van der Waals surface area contributed by atoms with Crippen molar-refractivity contribution >= 4 is 11.8 Å². The predicted molar refractivity (Wildman–Crippen MR) is 123 cm³/mol. The number of carbonyl (C=O) groups excluding carboxylic acids is 2. The third kappa shape index (κ3) is 3.61. The summed E-state index contributed by atoms with van der Waals surface area (Å²) in [4.78, 5) is 36.8. The first-order chi connectivity index (χ1) is 15.4. The van der Waals surface area contributed by atoms with Gasteiger partial charge in [-0.15, -0.1) is 0 Å². The minimum atomic E-state index is -1.23. The number of fused-ring (bicyclic) bond motifs is 5. The third-order valence-electron chi connectivity index (χ3n) is 10.2. The monoisotopic (exact) mass is 461 g/mol. The molecule has 0 aromatic carbocycles. The number of ether oxygens (including phenoxy) is 1. The van der Waals surface area contributed by atoms with Crippen LogP contribution < -0.4 is 0 Å². The highest BCUT2D eigenvalue weighted by Gasteiger charge is 2.64. The standard InChI is InChI=1S/C26H39NO6/c1-14-18-7-6-8-21(29)25(5)19(11-26(31,24(18,3)4)12-20(14)27-32)23-16(10-22(25)30)9-17(23)13-33-15(2)28/h16-17,19-20,22-23,30-31H,6-13H2,1-5H3/t16-,17?,19?,20+,22+,23+,25-,26+/m1/s1. The van der Waals surface area contributed by atoms with E-state index in [9.17, 15) is 24.7 Å². The van der Waals surface area contributed by atoms with Gasteiger partial charge in [0.1, 0.15) is 11.8 Å². The number of carbonyl (C=O) groups is 2. The molecule has 0 saturated heterocycles. The van der Waals surface area contributed by atoms with Crippen LogP contribution in [-0.4, -0.2) is 46.3 Å². The second-order valence-corrected chi connectivity index (χ2v) is 11.9. The van der Waals surface area contributed by atoms with Crippen molar-refractivity contribution in [3.8, 4) is 0 Å². The van der Waals surface area contributed by atoms with Crippen LogP contribution in [0.1, 0.15) is 79.6 Å². The van der Waals surface area contributed by atoms with Crippen LogP contribution in [-0.2, 0) is 14.3 Å². The lowest BCUT2D eigenvalue weighted by atomic mass is 9.43. The van der Waals surface area contributed by atoms with E-state index < -0.39 is 28.6 Å². The summed E-state index contributed by atoms with van der Waals surface area (Å²) >= 11 is 0. The van der Waals surface area contributed by atoms with Crippen LogP contribution >= 0.6 is 0 Å². The molecule has 0 aromatic heterocycles. The summed E-state index contributed by atoms with van der Waals surface area (Å²) in [6, 6.07) is -0.582. The quantitative estimate of drug-likeness (QED) is 0.374. The van der Waals surface area contributed by atoms with Gasteiger partial charge in [-0.2, -0.15) is 4.91 Å². The SMILES string of the molecule is CC(=O)OCC1C[C@@H]2C[C@H](O)[C@@]3(C)C(=O)CCCC4=C(C)[C@@H](N=O)C[C@@](O)(CC3[C@H]12)C4(C)C. The highest BCUT2D eigenvalue weighted by molar-refractivity contribution is 5.85. The van der Waals surface area contributed by atoms with Crippen molar-refractivity contribution < 1.29 is 24.5 Å². The molecule has 7 nitrogen and oxygen atoms in total. The molecule has 4 rings (SSSR count). The highest BCUT2D eigenvalue weighted by Crippen LogP contribution is 2.63. The van der Waals surface area contributed by atoms with E-state index in [1.54, 1.807) is 0 Å². The van der Waals surface area contributed by atoms with Crippen LogP contribution in [0.15, 0.2) is 16.3 Å². The van der Waals surface area contributed by atoms with Gasteiger partial charge in [-0.05, 0) is 75.2 Å². The van der Waals surface area contributed by atoms with E-state index in [1.165, 1.54) is 6.92 Å². The fourth-order valence-corrected chi connectivity index (χ4v) is 7.85. The van der Waals surface area contributed by atoms with E-state index in [1.807, 2.05) is 27.7 Å². The van der Waals surface area contributed by atoms with Crippen LogP contribution in [0, 0.1) is 39.4 Å². The van der Waals surface area contributed by atoms with Gasteiger partial charge in [-0.25, -0.2) is 0 Å². The average molecular weight is 462 g/mol. The topological polar surface area (TPSA) is 113 Å². The second kappa shape index (κ2) is 8.26. The molecule has 3 saturated carbocycles. The molecule has 8 atom stereocenters. The number of ketones is 1. The van der Waals surface area contributed by atoms with Crippen LogP contribution in [0.4, 0.5) is 0 Å². The van der Waals surface area contributed by atoms with Gasteiger partial charge in [-0.3, -0.25) is 9.59 Å². The Hall–Kier alpha value is -1.60. The smallest absolute Gasteiger partial charge is 0.302 e. The van der Waals surface area contributed by atoms with E-state index in [4.69, 9.17) is 4.74 Å². The number of rotatable bonds is 3. The molecule has 0 heterocycles. The van der Waals surface area contributed by atoms with Crippen molar-refractivity contribution in [1.29, 1.82) is 0 Å². The Morgan fingerprint density at radius 3 is 2.52 bits per heavy atom. The average Bonchev–Trinajstić information content (AvgIpc) is 2.72. The third-order valence-corrected chi connectivity index (χ3v) is 10.2.